The van der Waals surface area contributed by atoms with E-state index in [1.165, 1.54) is 4.57 Å². The first-order valence-corrected chi connectivity index (χ1v) is 9.74. The standard InChI is InChI=1S/C24H25N3O3/c1-16-4-9-19(10-5-16)14-25-22(28)15-27-18(3)8-13-21(24(27)30)26-23(29)20-11-6-17(2)7-12-20/h4-13H,14-15H2,1-3H3,(H,25,28)(H,26,29). The van der Waals surface area contributed by atoms with Gasteiger partial charge < -0.3 is 15.2 Å². The number of benzene rings is 2. The van der Waals surface area contributed by atoms with Gasteiger partial charge in [0, 0.05) is 17.8 Å². The van der Waals surface area contributed by atoms with Crippen LogP contribution in [0.3, 0.4) is 0 Å². The first-order chi connectivity index (χ1) is 14.3. The van der Waals surface area contributed by atoms with Crippen LogP contribution in [0.15, 0.2) is 65.5 Å². The number of pyridine rings is 1. The Labute approximate surface area is 175 Å². The third-order valence-corrected chi connectivity index (χ3v) is 4.87. The molecular weight excluding hydrogens is 378 g/mol. The van der Waals surface area contributed by atoms with Crippen LogP contribution in [0.1, 0.15) is 32.7 Å². The minimum atomic E-state index is -0.416. The van der Waals surface area contributed by atoms with Crippen molar-refractivity contribution in [2.24, 2.45) is 0 Å². The number of nitrogens with zero attached hydrogens (tertiary/aromatic N) is 1. The predicted molar refractivity (Wildman–Crippen MR) is 118 cm³/mol. The van der Waals surface area contributed by atoms with E-state index in [9.17, 15) is 14.4 Å². The number of amides is 2. The number of hydrogen-bond donors (Lipinski definition) is 2. The average molecular weight is 403 g/mol. The zero-order chi connectivity index (χ0) is 21.7. The Morgan fingerprint density at radius 2 is 1.43 bits per heavy atom. The molecule has 0 unspecified atom stereocenters. The summed E-state index contributed by atoms with van der Waals surface area (Å²) in [5.41, 5.74) is 4.00. The van der Waals surface area contributed by atoms with Gasteiger partial charge in [-0.25, -0.2) is 0 Å². The Kier molecular flexibility index (Phi) is 6.47. The van der Waals surface area contributed by atoms with Crippen LogP contribution in [0.25, 0.3) is 0 Å². The monoisotopic (exact) mass is 403 g/mol. The van der Waals surface area contributed by atoms with Crippen molar-refractivity contribution in [1.29, 1.82) is 0 Å². The first kappa shape index (κ1) is 21.0. The molecule has 6 heteroatoms. The van der Waals surface area contributed by atoms with Crippen LogP contribution < -0.4 is 16.2 Å². The third kappa shape index (κ3) is 5.23. The lowest BCUT2D eigenvalue weighted by Crippen LogP contribution is -2.34. The van der Waals surface area contributed by atoms with Crippen molar-refractivity contribution in [3.63, 3.8) is 0 Å². The molecule has 3 rings (SSSR count). The fourth-order valence-electron chi connectivity index (χ4n) is 2.97. The zero-order valence-electron chi connectivity index (χ0n) is 17.4. The number of nitrogens with one attached hydrogen (secondary N) is 2. The maximum Gasteiger partial charge on any atom is 0.274 e. The number of hydrogen-bond acceptors (Lipinski definition) is 3. The number of carbonyl (C=O) groups is 2. The minimum absolute atomic E-state index is 0.120. The fraction of sp³-hybridized carbons (Fsp3) is 0.208. The summed E-state index contributed by atoms with van der Waals surface area (Å²) in [7, 11) is 0. The van der Waals surface area contributed by atoms with E-state index in [4.69, 9.17) is 0 Å². The Balaban J connectivity index is 1.69. The molecule has 0 bridgehead atoms. The van der Waals surface area contributed by atoms with Crippen LogP contribution in [0.5, 0.6) is 0 Å². The number of rotatable bonds is 6. The molecule has 1 heterocycles. The SMILES string of the molecule is Cc1ccc(CNC(=O)Cn2c(C)ccc(NC(=O)c3ccc(C)cc3)c2=O)cc1. The van der Waals surface area contributed by atoms with Crippen molar-refractivity contribution in [2.75, 3.05) is 5.32 Å². The van der Waals surface area contributed by atoms with Gasteiger partial charge in [0.1, 0.15) is 12.2 Å². The molecule has 0 aliphatic carbocycles. The van der Waals surface area contributed by atoms with E-state index < -0.39 is 5.56 Å². The summed E-state index contributed by atoms with van der Waals surface area (Å²) in [5.74, 6) is -0.644. The van der Waals surface area contributed by atoms with Gasteiger partial charge in [-0.1, -0.05) is 47.5 Å². The van der Waals surface area contributed by atoms with E-state index in [1.54, 1.807) is 31.2 Å². The highest BCUT2D eigenvalue weighted by Crippen LogP contribution is 2.09. The van der Waals surface area contributed by atoms with E-state index in [1.807, 2.05) is 50.2 Å². The predicted octanol–water partition coefficient (Wildman–Crippen LogP) is 3.34. The van der Waals surface area contributed by atoms with Crippen molar-refractivity contribution in [1.82, 2.24) is 9.88 Å². The van der Waals surface area contributed by atoms with Crippen molar-refractivity contribution in [3.05, 3.63) is 99.0 Å². The van der Waals surface area contributed by atoms with Gasteiger partial charge in [-0.15, -0.1) is 0 Å². The topological polar surface area (TPSA) is 80.2 Å². The van der Waals surface area contributed by atoms with E-state index >= 15 is 0 Å². The van der Waals surface area contributed by atoms with Gasteiger partial charge in [0.25, 0.3) is 11.5 Å². The van der Waals surface area contributed by atoms with E-state index in [0.29, 0.717) is 17.8 Å². The second-order valence-electron chi connectivity index (χ2n) is 7.36. The van der Waals surface area contributed by atoms with E-state index in [0.717, 1.165) is 16.7 Å². The minimum Gasteiger partial charge on any atom is -0.350 e. The molecule has 30 heavy (non-hydrogen) atoms. The van der Waals surface area contributed by atoms with Gasteiger partial charge in [0.05, 0.1) is 0 Å². The molecule has 3 aromatic rings. The average Bonchev–Trinajstić information content (AvgIpc) is 2.73. The Morgan fingerprint density at radius 3 is 2.07 bits per heavy atom. The van der Waals surface area contributed by atoms with Crippen LogP contribution >= 0.6 is 0 Å². The summed E-state index contributed by atoms with van der Waals surface area (Å²) in [4.78, 5) is 37.7. The van der Waals surface area contributed by atoms with Crippen LogP contribution in [-0.2, 0) is 17.9 Å². The molecular formula is C24H25N3O3. The number of aromatic nitrogens is 1. The van der Waals surface area contributed by atoms with Crippen molar-refractivity contribution < 1.29 is 9.59 Å². The van der Waals surface area contributed by atoms with Crippen LogP contribution in [0.2, 0.25) is 0 Å². The van der Waals surface area contributed by atoms with Gasteiger partial charge in [-0.2, -0.15) is 0 Å². The van der Waals surface area contributed by atoms with Crippen LogP contribution in [0, 0.1) is 20.8 Å². The second kappa shape index (κ2) is 9.22. The molecule has 0 radical (unpaired) electrons. The molecule has 6 nitrogen and oxygen atoms in total. The summed E-state index contributed by atoms with van der Waals surface area (Å²) in [6.45, 7) is 5.95. The maximum atomic E-state index is 12.8. The smallest absolute Gasteiger partial charge is 0.274 e. The largest absolute Gasteiger partial charge is 0.350 e. The highest BCUT2D eigenvalue weighted by atomic mass is 16.2. The maximum absolute atomic E-state index is 12.8. The summed E-state index contributed by atoms with van der Waals surface area (Å²) in [6.07, 6.45) is 0. The second-order valence-corrected chi connectivity index (χ2v) is 7.36. The van der Waals surface area contributed by atoms with Crippen LogP contribution in [0.4, 0.5) is 5.69 Å². The zero-order valence-corrected chi connectivity index (χ0v) is 17.4. The van der Waals surface area contributed by atoms with Gasteiger partial charge in [0.2, 0.25) is 5.91 Å². The molecule has 2 aromatic carbocycles. The van der Waals surface area contributed by atoms with E-state index in [2.05, 4.69) is 10.6 Å². The van der Waals surface area contributed by atoms with Crippen LogP contribution in [-0.4, -0.2) is 16.4 Å². The molecule has 0 aliphatic rings. The van der Waals surface area contributed by atoms with Crippen molar-refractivity contribution in [2.45, 2.75) is 33.9 Å². The van der Waals surface area contributed by atoms with Gasteiger partial charge in [-0.05, 0) is 50.6 Å². The molecule has 2 N–H and O–H groups in total. The molecule has 0 saturated heterocycles. The Hall–Kier alpha value is -3.67. The molecule has 154 valence electrons. The third-order valence-electron chi connectivity index (χ3n) is 4.87. The number of anilines is 1. The van der Waals surface area contributed by atoms with Gasteiger partial charge in [-0.3, -0.25) is 14.4 Å². The molecule has 0 saturated carbocycles. The fourth-order valence-corrected chi connectivity index (χ4v) is 2.97. The summed E-state index contributed by atoms with van der Waals surface area (Å²) in [5, 5.41) is 5.47. The van der Waals surface area contributed by atoms with Gasteiger partial charge >= 0.3 is 0 Å². The lowest BCUT2D eigenvalue weighted by atomic mass is 10.1. The number of carbonyl (C=O) groups excluding carboxylic acids is 2. The molecule has 1 aromatic heterocycles. The normalized spacial score (nSPS) is 10.5. The summed E-state index contributed by atoms with van der Waals surface area (Å²) in [6, 6.07) is 18.2. The molecule has 0 fully saturated rings. The molecule has 2 amide bonds. The Morgan fingerprint density at radius 1 is 0.833 bits per heavy atom. The van der Waals surface area contributed by atoms with Crippen molar-refractivity contribution in [3.8, 4) is 0 Å². The first-order valence-electron chi connectivity index (χ1n) is 9.74. The Bertz CT molecular complexity index is 1110. The lowest BCUT2D eigenvalue weighted by molar-refractivity contribution is -0.121. The highest BCUT2D eigenvalue weighted by molar-refractivity contribution is 6.04. The number of aryl methyl sites for hydroxylation is 3. The molecule has 0 aliphatic heterocycles. The summed E-state index contributed by atoms with van der Waals surface area (Å²) >= 11 is 0. The summed E-state index contributed by atoms with van der Waals surface area (Å²) < 4.78 is 1.36. The van der Waals surface area contributed by atoms with Gasteiger partial charge in [0.15, 0.2) is 0 Å². The highest BCUT2D eigenvalue weighted by Gasteiger charge is 2.13. The lowest BCUT2D eigenvalue weighted by Gasteiger charge is -2.13. The molecule has 0 spiro atoms. The molecule has 0 atom stereocenters. The van der Waals surface area contributed by atoms with E-state index in [-0.39, 0.29) is 24.0 Å². The quantitative estimate of drug-likeness (QED) is 0.662. The van der Waals surface area contributed by atoms with Crippen molar-refractivity contribution >= 4 is 17.5 Å².